The summed E-state index contributed by atoms with van der Waals surface area (Å²) in [5, 5.41) is 13.3. The molecular formula is C10H14N2O8S2. The number of carbonyl (C=O) groups is 3. The molecule has 0 aromatic carbocycles. The Kier molecular flexibility index (Phi) is 6.93. The van der Waals surface area contributed by atoms with Crippen LogP contribution in [0.25, 0.3) is 0 Å². The maximum Gasteiger partial charge on any atom is 0.347 e. The standard InChI is InChI=1S/C10H14N2O8S2/c1-3-21(17,18)5-7(13)11-9(10(15)16)12-8(14)6-22(19,20)4-2/h3-4,9H,1-2,5-6H2,(H,11,13)(H,12,14)(H,15,16). The molecule has 0 aromatic rings. The molecule has 0 aliphatic carbocycles. The fourth-order valence-corrected chi connectivity index (χ4v) is 2.18. The van der Waals surface area contributed by atoms with Crippen LogP contribution in [0.1, 0.15) is 0 Å². The number of aliphatic carboxylic acids is 1. The van der Waals surface area contributed by atoms with Crippen molar-refractivity contribution >= 4 is 37.5 Å². The quantitative estimate of drug-likeness (QED) is 0.391. The first-order chi connectivity index (χ1) is 9.92. The second kappa shape index (κ2) is 7.70. The highest BCUT2D eigenvalue weighted by Gasteiger charge is 2.25. The zero-order chi connectivity index (χ0) is 17.6. The molecule has 0 aliphatic heterocycles. The molecule has 0 aliphatic rings. The molecule has 0 radical (unpaired) electrons. The molecule has 0 saturated heterocycles. The van der Waals surface area contributed by atoms with Crippen LogP contribution < -0.4 is 10.6 Å². The summed E-state index contributed by atoms with van der Waals surface area (Å²) in [5.41, 5.74) is 0. The highest BCUT2D eigenvalue weighted by atomic mass is 32.2. The number of sulfone groups is 2. The largest absolute Gasteiger partial charge is 0.478 e. The van der Waals surface area contributed by atoms with E-state index in [0.717, 1.165) is 0 Å². The maximum absolute atomic E-state index is 11.4. The summed E-state index contributed by atoms with van der Waals surface area (Å²) in [6.45, 7) is 5.94. The molecule has 3 N–H and O–H groups in total. The Morgan fingerprint density at radius 2 is 1.23 bits per heavy atom. The first-order valence-electron chi connectivity index (χ1n) is 5.44. The van der Waals surface area contributed by atoms with Crippen molar-refractivity contribution in [2.75, 3.05) is 11.5 Å². The van der Waals surface area contributed by atoms with Gasteiger partial charge in [0.15, 0.2) is 19.7 Å². The molecule has 2 amide bonds. The van der Waals surface area contributed by atoms with E-state index in [-0.39, 0.29) is 0 Å². The maximum atomic E-state index is 11.4. The van der Waals surface area contributed by atoms with E-state index in [4.69, 9.17) is 5.11 Å². The minimum absolute atomic E-state index is 0.512. The molecule has 0 spiro atoms. The topological polar surface area (TPSA) is 164 Å². The third kappa shape index (κ3) is 7.54. The first-order valence-corrected chi connectivity index (χ1v) is 8.87. The van der Waals surface area contributed by atoms with Crippen LogP contribution in [0, 0.1) is 0 Å². The van der Waals surface area contributed by atoms with Gasteiger partial charge < -0.3 is 15.7 Å². The molecule has 12 heteroatoms. The van der Waals surface area contributed by atoms with Gasteiger partial charge in [-0.1, -0.05) is 13.2 Å². The SMILES string of the molecule is C=CS(=O)(=O)CC(=O)NC(NC(=O)CS(=O)(=O)C=C)C(=O)O. The van der Waals surface area contributed by atoms with Crippen molar-refractivity contribution < 1.29 is 36.3 Å². The molecule has 0 saturated carbocycles. The highest BCUT2D eigenvalue weighted by Crippen LogP contribution is 1.93. The fraction of sp³-hybridized carbons (Fsp3) is 0.300. The van der Waals surface area contributed by atoms with Crippen molar-refractivity contribution in [1.29, 1.82) is 0 Å². The second-order valence-corrected chi connectivity index (χ2v) is 7.75. The average Bonchev–Trinajstić information content (AvgIpc) is 2.36. The molecule has 0 fully saturated rings. The van der Waals surface area contributed by atoms with Crippen molar-refractivity contribution in [3.63, 3.8) is 0 Å². The number of amides is 2. The summed E-state index contributed by atoms with van der Waals surface area (Å²) in [5.74, 6) is -6.27. The molecule has 22 heavy (non-hydrogen) atoms. The first kappa shape index (κ1) is 19.8. The lowest BCUT2D eigenvalue weighted by Crippen LogP contribution is -2.54. The normalized spacial score (nSPS) is 11.5. The molecule has 10 nitrogen and oxygen atoms in total. The van der Waals surface area contributed by atoms with Crippen molar-refractivity contribution in [2.45, 2.75) is 6.17 Å². The Bertz CT molecular complexity index is 638. The number of hydrogen-bond donors (Lipinski definition) is 3. The van der Waals surface area contributed by atoms with Gasteiger partial charge in [-0.15, -0.1) is 0 Å². The lowest BCUT2D eigenvalue weighted by Gasteiger charge is -2.15. The van der Waals surface area contributed by atoms with E-state index in [1.165, 1.54) is 0 Å². The number of carboxylic acids is 1. The Balaban J connectivity index is 4.86. The van der Waals surface area contributed by atoms with Crippen LogP contribution in [0.5, 0.6) is 0 Å². The minimum atomic E-state index is -3.91. The van der Waals surface area contributed by atoms with Gasteiger partial charge in [0.2, 0.25) is 18.0 Å². The lowest BCUT2D eigenvalue weighted by atomic mass is 10.4. The smallest absolute Gasteiger partial charge is 0.347 e. The molecule has 124 valence electrons. The van der Waals surface area contributed by atoms with Gasteiger partial charge in [0.05, 0.1) is 0 Å². The van der Waals surface area contributed by atoms with Gasteiger partial charge in [0.1, 0.15) is 11.5 Å². The minimum Gasteiger partial charge on any atom is -0.478 e. The van der Waals surface area contributed by atoms with E-state index in [0.29, 0.717) is 10.8 Å². The third-order valence-electron chi connectivity index (χ3n) is 2.03. The Hall–Kier alpha value is -2.21. The van der Waals surface area contributed by atoms with Crippen molar-refractivity contribution in [1.82, 2.24) is 10.6 Å². The molecule has 0 heterocycles. The molecule has 0 unspecified atom stereocenters. The van der Waals surface area contributed by atoms with E-state index in [1.54, 1.807) is 10.6 Å². The number of rotatable bonds is 9. The number of carboxylic acid groups (broad SMARTS) is 1. The molecular weight excluding hydrogens is 340 g/mol. The van der Waals surface area contributed by atoms with Crippen LogP contribution in [0.2, 0.25) is 0 Å². The van der Waals surface area contributed by atoms with Crippen LogP contribution >= 0.6 is 0 Å². The zero-order valence-corrected chi connectivity index (χ0v) is 12.8. The predicted molar refractivity (Wildman–Crippen MR) is 75.7 cm³/mol. The summed E-state index contributed by atoms with van der Waals surface area (Å²) >= 11 is 0. The Morgan fingerprint density at radius 1 is 0.909 bits per heavy atom. The fourth-order valence-electron chi connectivity index (χ4n) is 1.05. The Labute approximate surface area is 126 Å². The summed E-state index contributed by atoms with van der Waals surface area (Å²) in [6.07, 6.45) is -1.99. The van der Waals surface area contributed by atoms with Gasteiger partial charge >= 0.3 is 5.97 Å². The van der Waals surface area contributed by atoms with Crippen molar-refractivity contribution in [3.8, 4) is 0 Å². The third-order valence-corrected chi connectivity index (χ3v) is 4.37. The lowest BCUT2D eigenvalue weighted by molar-refractivity contribution is -0.144. The molecule has 0 rings (SSSR count). The van der Waals surface area contributed by atoms with E-state index in [9.17, 15) is 31.2 Å². The van der Waals surface area contributed by atoms with Crippen molar-refractivity contribution in [3.05, 3.63) is 24.0 Å². The van der Waals surface area contributed by atoms with Gasteiger partial charge in [-0.25, -0.2) is 21.6 Å². The van der Waals surface area contributed by atoms with E-state index in [1.807, 2.05) is 0 Å². The summed E-state index contributed by atoms with van der Waals surface area (Å²) in [4.78, 5) is 33.6. The summed E-state index contributed by atoms with van der Waals surface area (Å²) in [7, 11) is -7.83. The molecule has 0 bridgehead atoms. The molecule has 0 atom stereocenters. The summed E-state index contributed by atoms with van der Waals surface area (Å²) < 4.78 is 44.4. The average molecular weight is 354 g/mol. The number of nitrogens with one attached hydrogen (secondary N) is 2. The van der Waals surface area contributed by atoms with Gasteiger partial charge in [0, 0.05) is 10.8 Å². The summed E-state index contributed by atoms with van der Waals surface area (Å²) in [6, 6.07) is 0. The van der Waals surface area contributed by atoms with Crippen LogP contribution in [0.15, 0.2) is 24.0 Å². The predicted octanol–water partition coefficient (Wildman–Crippen LogP) is -2.25. The van der Waals surface area contributed by atoms with Crippen LogP contribution in [-0.4, -0.2) is 57.4 Å². The van der Waals surface area contributed by atoms with Crippen LogP contribution in [0.3, 0.4) is 0 Å². The Morgan fingerprint density at radius 3 is 1.45 bits per heavy atom. The highest BCUT2D eigenvalue weighted by molar-refractivity contribution is 7.95. The van der Waals surface area contributed by atoms with E-state index < -0.39 is 55.1 Å². The van der Waals surface area contributed by atoms with Crippen LogP contribution in [-0.2, 0) is 34.1 Å². The molecule has 0 aromatic heterocycles. The van der Waals surface area contributed by atoms with Gasteiger partial charge in [-0.3, -0.25) is 9.59 Å². The van der Waals surface area contributed by atoms with Gasteiger partial charge in [0.25, 0.3) is 0 Å². The van der Waals surface area contributed by atoms with E-state index in [2.05, 4.69) is 13.2 Å². The van der Waals surface area contributed by atoms with Crippen molar-refractivity contribution in [2.24, 2.45) is 0 Å². The van der Waals surface area contributed by atoms with Crippen LogP contribution in [0.4, 0.5) is 0 Å². The van der Waals surface area contributed by atoms with Gasteiger partial charge in [-0.2, -0.15) is 0 Å². The van der Waals surface area contributed by atoms with Gasteiger partial charge in [-0.05, 0) is 0 Å². The number of carbonyl (C=O) groups excluding carboxylic acids is 2. The monoisotopic (exact) mass is 354 g/mol. The zero-order valence-electron chi connectivity index (χ0n) is 11.2. The number of hydrogen-bond acceptors (Lipinski definition) is 7. The van der Waals surface area contributed by atoms with E-state index >= 15 is 0 Å². The second-order valence-electron chi connectivity index (χ2n) is 3.85.